The van der Waals surface area contributed by atoms with Crippen molar-refractivity contribution in [2.24, 2.45) is 0 Å². The van der Waals surface area contributed by atoms with Crippen molar-refractivity contribution in [1.29, 1.82) is 0 Å². The maximum atomic E-state index is 11.8. The number of amides is 1. The van der Waals surface area contributed by atoms with Crippen molar-refractivity contribution >= 4 is 29.2 Å². The number of carboxylic acid groups (broad SMARTS) is 1. The summed E-state index contributed by atoms with van der Waals surface area (Å²) in [6.07, 6.45) is -4.75. The maximum Gasteiger partial charge on any atom is 0.411 e. The molecule has 2 N–H and O–H groups in total. The number of carbonyl (C=O) groups excluding carboxylic acids is 1. The Balaban J connectivity index is 2.50. The summed E-state index contributed by atoms with van der Waals surface area (Å²) in [5.74, 6) is -1.84. The van der Waals surface area contributed by atoms with Crippen molar-refractivity contribution in [3.63, 3.8) is 0 Å². The number of hydrogen-bond donors (Lipinski definition) is 2. The molecule has 0 unspecified atom stereocenters. The summed E-state index contributed by atoms with van der Waals surface area (Å²) in [4.78, 5) is 22.3. The molecule has 116 valence electrons. The maximum absolute atomic E-state index is 11.8. The average Bonchev–Trinajstić information content (AvgIpc) is 2.32. The van der Waals surface area contributed by atoms with Crippen LogP contribution in [0, 0.1) is 0 Å². The number of aromatic carboxylic acids is 1. The molecule has 0 aliphatic heterocycles. The number of nitrogens with one attached hydrogen (secondary N) is 1. The van der Waals surface area contributed by atoms with E-state index in [2.05, 4.69) is 10.1 Å². The number of anilines is 1. The molecule has 21 heavy (non-hydrogen) atoms. The second-order valence-corrected chi connectivity index (χ2v) is 4.44. The second-order valence-electron chi connectivity index (χ2n) is 4.00. The van der Waals surface area contributed by atoms with Gasteiger partial charge in [0, 0.05) is 10.7 Å². The Kier molecular flexibility index (Phi) is 5.98. The number of carboxylic acids is 1. The van der Waals surface area contributed by atoms with Crippen molar-refractivity contribution in [1.82, 2.24) is 0 Å². The van der Waals surface area contributed by atoms with Gasteiger partial charge in [0.05, 0.1) is 18.6 Å². The highest BCUT2D eigenvalue weighted by Gasteiger charge is 2.27. The quantitative estimate of drug-likeness (QED) is 0.788. The summed E-state index contributed by atoms with van der Waals surface area (Å²) >= 11 is 5.69. The lowest BCUT2D eigenvalue weighted by molar-refractivity contribution is -0.174. The van der Waals surface area contributed by atoms with Crippen LogP contribution in [0.25, 0.3) is 0 Å². The summed E-state index contributed by atoms with van der Waals surface area (Å²) in [6.45, 7) is -1.84. The Morgan fingerprint density at radius 1 is 1.29 bits per heavy atom. The average molecular weight is 326 g/mol. The standard InChI is InChI=1S/C12H11ClF3NO4/c13-8-3-7(11(19)20)4-9(5-8)17-10(18)1-2-21-6-12(14,15)16/h3-5H,1-2,6H2,(H,17,18)(H,19,20). The summed E-state index contributed by atoms with van der Waals surface area (Å²) in [6, 6.07) is 3.71. The van der Waals surface area contributed by atoms with E-state index in [1.165, 1.54) is 18.2 Å². The Labute approximate surface area is 122 Å². The van der Waals surface area contributed by atoms with Gasteiger partial charge >= 0.3 is 12.1 Å². The van der Waals surface area contributed by atoms with E-state index in [-0.39, 0.29) is 22.7 Å². The molecule has 0 saturated heterocycles. The van der Waals surface area contributed by atoms with Crippen molar-refractivity contribution in [2.75, 3.05) is 18.5 Å². The summed E-state index contributed by atoms with van der Waals surface area (Å²) in [5, 5.41) is 11.3. The van der Waals surface area contributed by atoms with Gasteiger partial charge in [0.2, 0.25) is 5.91 Å². The van der Waals surface area contributed by atoms with Crippen LogP contribution in [0.15, 0.2) is 18.2 Å². The Bertz CT molecular complexity index is 534. The van der Waals surface area contributed by atoms with Gasteiger partial charge in [0.15, 0.2) is 0 Å². The molecule has 1 aromatic rings. The molecular weight excluding hydrogens is 315 g/mol. The van der Waals surface area contributed by atoms with E-state index in [0.717, 1.165) is 0 Å². The van der Waals surface area contributed by atoms with E-state index < -0.39 is 31.3 Å². The monoisotopic (exact) mass is 325 g/mol. The lowest BCUT2D eigenvalue weighted by Gasteiger charge is -2.09. The third-order valence-corrected chi connectivity index (χ3v) is 2.39. The fourth-order valence-corrected chi connectivity index (χ4v) is 1.60. The molecule has 1 aromatic carbocycles. The largest absolute Gasteiger partial charge is 0.478 e. The van der Waals surface area contributed by atoms with Crippen LogP contribution < -0.4 is 5.32 Å². The van der Waals surface area contributed by atoms with E-state index >= 15 is 0 Å². The molecule has 5 nitrogen and oxygen atoms in total. The highest BCUT2D eigenvalue weighted by molar-refractivity contribution is 6.31. The van der Waals surface area contributed by atoms with Crippen LogP contribution in [0.3, 0.4) is 0 Å². The zero-order valence-electron chi connectivity index (χ0n) is 10.5. The lowest BCUT2D eigenvalue weighted by atomic mass is 10.2. The summed E-state index contributed by atoms with van der Waals surface area (Å²) < 4.78 is 39.7. The minimum Gasteiger partial charge on any atom is -0.478 e. The minimum atomic E-state index is -4.44. The van der Waals surface area contributed by atoms with E-state index in [1.54, 1.807) is 0 Å². The van der Waals surface area contributed by atoms with Crippen molar-refractivity contribution in [3.8, 4) is 0 Å². The van der Waals surface area contributed by atoms with E-state index in [9.17, 15) is 22.8 Å². The van der Waals surface area contributed by atoms with Crippen LogP contribution in [-0.2, 0) is 9.53 Å². The molecule has 0 heterocycles. The Morgan fingerprint density at radius 2 is 1.95 bits per heavy atom. The molecule has 0 aromatic heterocycles. The van der Waals surface area contributed by atoms with Gasteiger partial charge < -0.3 is 15.2 Å². The van der Waals surface area contributed by atoms with Crippen molar-refractivity contribution in [2.45, 2.75) is 12.6 Å². The normalized spacial score (nSPS) is 11.2. The minimum absolute atomic E-state index is 0.110. The topological polar surface area (TPSA) is 75.6 Å². The van der Waals surface area contributed by atoms with Crippen LogP contribution in [0.4, 0.5) is 18.9 Å². The van der Waals surface area contributed by atoms with Gasteiger partial charge in [-0.2, -0.15) is 13.2 Å². The molecule has 0 bridgehead atoms. The van der Waals surface area contributed by atoms with Gasteiger partial charge in [0.25, 0.3) is 0 Å². The van der Waals surface area contributed by atoms with E-state index in [1.807, 2.05) is 0 Å². The van der Waals surface area contributed by atoms with E-state index in [0.29, 0.717) is 0 Å². The zero-order chi connectivity index (χ0) is 16.0. The molecule has 0 atom stereocenters. The molecule has 0 spiro atoms. The number of rotatable bonds is 6. The predicted octanol–water partition coefficient (Wildman–Crippen LogP) is 2.95. The molecular formula is C12H11ClF3NO4. The van der Waals surface area contributed by atoms with Gasteiger partial charge in [0.1, 0.15) is 6.61 Å². The highest BCUT2D eigenvalue weighted by Crippen LogP contribution is 2.19. The number of carbonyl (C=O) groups is 2. The summed E-state index contributed by atoms with van der Waals surface area (Å²) in [5.41, 5.74) is 0.0202. The van der Waals surface area contributed by atoms with Crippen LogP contribution in [-0.4, -0.2) is 36.4 Å². The molecule has 0 radical (unpaired) electrons. The predicted molar refractivity (Wildman–Crippen MR) is 68.5 cm³/mol. The first-order valence-corrected chi connectivity index (χ1v) is 6.03. The molecule has 0 fully saturated rings. The van der Waals surface area contributed by atoms with Gasteiger partial charge in [-0.05, 0) is 18.2 Å². The Morgan fingerprint density at radius 3 is 2.52 bits per heavy atom. The first-order valence-electron chi connectivity index (χ1n) is 5.65. The number of benzene rings is 1. The lowest BCUT2D eigenvalue weighted by Crippen LogP contribution is -2.20. The fourth-order valence-electron chi connectivity index (χ4n) is 1.36. The first-order chi connectivity index (χ1) is 9.67. The van der Waals surface area contributed by atoms with Crippen molar-refractivity contribution in [3.05, 3.63) is 28.8 Å². The first kappa shape index (κ1) is 17.3. The SMILES string of the molecule is O=C(CCOCC(F)(F)F)Nc1cc(Cl)cc(C(=O)O)c1. The zero-order valence-corrected chi connectivity index (χ0v) is 11.3. The smallest absolute Gasteiger partial charge is 0.411 e. The fraction of sp³-hybridized carbons (Fsp3) is 0.333. The Hall–Kier alpha value is -1.80. The van der Waals surface area contributed by atoms with Gasteiger partial charge in [-0.3, -0.25) is 4.79 Å². The van der Waals surface area contributed by atoms with Crippen LogP contribution in [0.2, 0.25) is 5.02 Å². The summed E-state index contributed by atoms with van der Waals surface area (Å²) in [7, 11) is 0. The molecule has 1 amide bonds. The number of alkyl halides is 3. The number of halogens is 4. The third-order valence-electron chi connectivity index (χ3n) is 2.17. The van der Waals surface area contributed by atoms with Gasteiger partial charge in [-0.1, -0.05) is 11.6 Å². The molecule has 1 rings (SSSR count). The molecule has 0 saturated carbocycles. The second kappa shape index (κ2) is 7.28. The highest BCUT2D eigenvalue weighted by atomic mass is 35.5. The third kappa shape index (κ3) is 6.96. The number of hydrogen-bond acceptors (Lipinski definition) is 3. The van der Waals surface area contributed by atoms with Crippen LogP contribution in [0.5, 0.6) is 0 Å². The van der Waals surface area contributed by atoms with Crippen LogP contribution >= 0.6 is 11.6 Å². The number of ether oxygens (including phenoxy) is 1. The van der Waals surface area contributed by atoms with Crippen molar-refractivity contribution < 1.29 is 32.6 Å². The van der Waals surface area contributed by atoms with E-state index in [4.69, 9.17) is 16.7 Å². The van der Waals surface area contributed by atoms with Gasteiger partial charge in [-0.15, -0.1) is 0 Å². The van der Waals surface area contributed by atoms with Gasteiger partial charge in [-0.25, -0.2) is 4.79 Å². The van der Waals surface area contributed by atoms with Crippen LogP contribution in [0.1, 0.15) is 16.8 Å². The molecule has 9 heteroatoms. The molecule has 0 aliphatic carbocycles. The molecule has 0 aliphatic rings.